The molecule has 1 aromatic carbocycles. The number of carbonyl (C=O) groups is 2. The lowest BCUT2D eigenvalue weighted by molar-refractivity contribution is 0.0199. The van der Waals surface area contributed by atoms with Crippen molar-refractivity contribution in [1.82, 2.24) is 10.2 Å². The lowest BCUT2D eigenvalue weighted by Gasteiger charge is -2.33. The van der Waals surface area contributed by atoms with E-state index in [4.69, 9.17) is 9.47 Å². The number of nitrogens with one attached hydrogen (secondary N) is 1. The Labute approximate surface area is 143 Å². The molecule has 0 spiro atoms. The Hall–Kier alpha value is -2.24. The van der Waals surface area contributed by atoms with Gasteiger partial charge < -0.3 is 19.7 Å². The van der Waals surface area contributed by atoms with Gasteiger partial charge in [-0.05, 0) is 45.7 Å². The van der Waals surface area contributed by atoms with E-state index in [1.54, 1.807) is 24.1 Å². The van der Waals surface area contributed by atoms with E-state index in [9.17, 15) is 9.59 Å². The molecular formula is C18H26N2O4. The summed E-state index contributed by atoms with van der Waals surface area (Å²) in [5, 5.41) is 3.02. The highest BCUT2D eigenvalue weighted by atomic mass is 16.6. The molecule has 1 aliphatic rings. The zero-order chi connectivity index (χ0) is 17.7. The van der Waals surface area contributed by atoms with Gasteiger partial charge in [-0.1, -0.05) is 12.1 Å². The highest BCUT2D eigenvalue weighted by Crippen LogP contribution is 2.19. The van der Waals surface area contributed by atoms with Crippen LogP contribution >= 0.6 is 0 Å². The Kier molecular flexibility index (Phi) is 5.70. The molecule has 6 heteroatoms. The van der Waals surface area contributed by atoms with Crippen LogP contribution in [0.3, 0.4) is 0 Å². The zero-order valence-electron chi connectivity index (χ0n) is 14.8. The summed E-state index contributed by atoms with van der Waals surface area (Å²) in [7, 11) is 1.55. The quantitative estimate of drug-likeness (QED) is 0.923. The van der Waals surface area contributed by atoms with E-state index in [0.29, 0.717) is 37.2 Å². The number of piperidine rings is 1. The highest BCUT2D eigenvalue weighted by molar-refractivity contribution is 5.97. The molecule has 0 saturated carbocycles. The van der Waals surface area contributed by atoms with Gasteiger partial charge >= 0.3 is 6.09 Å². The number of methoxy groups -OCH3 is 1. The maximum Gasteiger partial charge on any atom is 0.410 e. The molecule has 6 nitrogen and oxygen atoms in total. The second kappa shape index (κ2) is 7.55. The molecule has 2 rings (SSSR count). The molecule has 2 amide bonds. The average Bonchev–Trinajstić information content (AvgIpc) is 2.53. The molecule has 1 fully saturated rings. The summed E-state index contributed by atoms with van der Waals surface area (Å²) in [5.74, 6) is 0.407. The van der Waals surface area contributed by atoms with Gasteiger partial charge in [-0.15, -0.1) is 0 Å². The van der Waals surface area contributed by atoms with Crippen LogP contribution in [0.15, 0.2) is 24.3 Å². The third-order valence-corrected chi connectivity index (χ3v) is 3.83. The van der Waals surface area contributed by atoms with Crippen molar-refractivity contribution in [3.63, 3.8) is 0 Å². The maximum atomic E-state index is 12.4. The van der Waals surface area contributed by atoms with Crippen LogP contribution in [-0.4, -0.2) is 48.7 Å². The monoisotopic (exact) mass is 334 g/mol. The summed E-state index contributed by atoms with van der Waals surface area (Å²) in [6, 6.07) is 7.18. The van der Waals surface area contributed by atoms with Crippen molar-refractivity contribution in [2.24, 2.45) is 0 Å². The fourth-order valence-corrected chi connectivity index (χ4v) is 2.63. The minimum Gasteiger partial charge on any atom is -0.496 e. The molecule has 1 N–H and O–H groups in total. The molecule has 132 valence electrons. The van der Waals surface area contributed by atoms with E-state index in [0.717, 1.165) is 0 Å². The van der Waals surface area contributed by atoms with Gasteiger partial charge in [0.25, 0.3) is 5.91 Å². The summed E-state index contributed by atoms with van der Waals surface area (Å²) in [5.41, 5.74) is 0.0287. The SMILES string of the molecule is COc1ccccc1C(=O)NC1CCN(C(=O)OC(C)(C)C)CC1. The van der Waals surface area contributed by atoms with E-state index in [1.165, 1.54) is 0 Å². The van der Waals surface area contributed by atoms with E-state index in [2.05, 4.69) is 5.32 Å². The summed E-state index contributed by atoms with van der Waals surface area (Å²) in [6.45, 7) is 6.71. The molecule has 0 aliphatic carbocycles. The van der Waals surface area contributed by atoms with Crippen LogP contribution in [0.4, 0.5) is 4.79 Å². The first-order chi connectivity index (χ1) is 11.3. The minimum absolute atomic E-state index is 0.0427. The third-order valence-electron chi connectivity index (χ3n) is 3.83. The molecule has 0 atom stereocenters. The summed E-state index contributed by atoms with van der Waals surface area (Å²) in [6.07, 6.45) is 1.12. The van der Waals surface area contributed by atoms with Crippen LogP contribution in [0, 0.1) is 0 Å². The maximum absolute atomic E-state index is 12.4. The fraction of sp³-hybridized carbons (Fsp3) is 0.556. The number of amides is 2. The number of hydrogen-bond acceptors (Lipinski definition) is 4. The third kappa shape index (κ3) is 4.88. The zero-order valence-corrected chi connectivity index (χ0v) is 14.8. The molecule has 24 heavy (non-hydrogen) atoms. The van der Waals surface area contributed by atoms with Crippen LogP contribution in [0.5, 0.6) is 5.75 Å². The number of rotatable bonds is 3. The standard InChI is InChI=1S/C18H26N2O4/c1-18(2,3)24-17(22)20-11-9-13(10-12-20)19-16(21)14-7-5-6-8-15(14)23-4/h5-8,13H,9-12H2,1-4H3,(H,19,21). The average molecular weight is 334 g/mol. The summed E-state index contributed by atoms with van der Waals surface area (Å²) >= 11 is 0. The van der Waals surface area contributed by atoms with Crippen LogP contribution in [0.2, 0.25) is 0 Å². The van der Waals surface area contributed by atoms with Crippen molar-refractivity contribution in [3.05, 3.63) is 29.8 Å². The Morgan fingerprint density at radius 1 is 1.17 bits per heavy atom. The largest absolute Gasteiger partial charge is 0.496 e. The Balaban J connectivity index is 1.87. The van der Waals surface area contributed by atoms with Crippen molar-refractivity contribution < 1.29 is 19.1 Å². The van der Waals surface area contributed by atoms with Crippen molar-refractivity contribution in [2.75, 3.05) is 20.2 Å². The molecule has 0 bridgehead atoms. The van der Waals surface area contributed by atoms with Gasteiger partial charge in [-0.25, -0.2) is 4.79 Å². The first-order valence-electron chi connectivity index (χ1n) is 8.22. The normalized spacial score (nSPS) is 15.8. The number of carbonyl (C=O) groups excluding carboxylic acids is 2. The van der Waals surface area contributed by atoms with Gasteiger partial charge in [-0.2, -0.15) is 0 Å². The first kappa shape index (κ1) is 18.1. The van der Waals surface area contributed by atoms with Crippen molar-refractivity contribution in [2.45, 2.75) is 45.3 Å². The lowest BCUT2D eigenvalue weighted by atomic mass is 10.0. The van der Waals surface area contributed by atoms with Gasteiger partial charge in [0.2, 0.25) is 0 Å². The molecule has 0 radical (unpaired) electrons. The number of likely N-dealkylation sites (tertiary alicyclic amines) is 1. The Bertz CT molecular complexity index is 587. The molecule has 1 aliphatic heterocycles. The summed E-state index contributed by atoms with van der Waals surface area (Å²) < 4.78 is 10.6. The van der Waals surface area contributed by atoms with E-state index in [-0.39, 0.29) is 18.0 Å². The van der Waals surface area contributed by atoms with Crippen LogP contribution in [-0.2, 0) is 4.74 Å². The topological polar surface area (TPSA) is 67.9 Å². The van der Waals surface area contributed by atoms with Crippen LogP contribution in [0.25, 0.3) is 0 Å². The van der Waals surface area contributed by atoms with Crippen molar-refractivity contribution in [3.8, 4) is 5.75 Å². The van der Waals surface area contributed by atoms with Crippen LogP contribution < -0.4 is 10.1 Å². The van der Waals surface area contributed by atoms with Gasteiger partial charge in [0.05, 0.1) is 12.7 Å². The molecule has 1 saturated heterocycles. The predicted molar refractivity (Wildman–Crippen MR) is 91.3 cm³/mol. The molecule has 0 aromatic heterocycles. The van der Waals surface area contributed by atoms with E-state index < -0.39 is 5.60 Å². The smallest absolute Gasteiger partial charge is 0.410 e. The van der Waals surface area contributed by atoms with Gasteiger partial charge in [-0.3, -0.25) is 4.79 Å². The van der Waals surface area contributed by atoms with E-state index in [1.807, 2.05) is 32.9 Å². The van der Waals surface area contributed by atoms with Gasteiger partial charge in [0.15, 0.2) is 0 Å². The van der Waals surface area contributed by atoms with E-state index >= 15 is 0 Å². The first-order valence-corrected chi connectivity index (χ1v) is 8.22. The Morgan fingerprint density at radius 3 is 2.38 bits per heavy atom. The number of ether oxygens (including phenoxy) is 2. The second-order valence-corrected chi connectivity index (χ2v) is 6.92. The second-order valence-electron chi connectivity index (χ2n) is 6.92. The van der Waals surface area contributed by atoms with Crippen molar-refractivity contribution in [1.29, 1.82) is 0 Å². The minimum atomic E-state index is -0.494. The van der Waals surface area contributed by atoms with Gasteiger partial charge in [0.1, 0.15) is 11.4 Å². The number of benzene rings is 1. The molecule has 1 aromatic rings. The highest BCUT2D eigenvalue weighted by Gasteiger charge is 2.27. The van der Waals surface area contributed by atoms with Crippen molar-refractivity contribution >= 4 is 12.0 Å². The molecule has 1 heterocycles. The molecule has 0 unspecified atom stereocenters. The number of nitrogens with zero attached hydrogens (tertiary/aromatic N) is 1. The molecular weight excluding hydrogens is 308 g/mol. The van der Waals surface area contributed by atoms with Gasteiger partial charge in [0, 0.05) is 19.1 Å². The fourth-order valence-electron chi connectivity index (χ4n) is 2.63. The van der Waals surface area contributed by atoms with Crippen LogP contribution in [0.1, 0.15) is 44.0 Å². The summed E-state index contributed by atoms with van der Waals surface area (Å²) in [4.78, 5) is 26.1. The Morgan fingerprint density at radius 2 is 1.79 bits per heavy atom. The predicted octanol–water partition coefficient (Wildman–Crippen LogP) is 2.82. The number of hydrogen-bond donors (Lipinski definition) is 1. The number of para-hydroxylation sites is 1. The lowest BCUT2D eigenvalue weighted by Crippen LogP contribution is -2.47.